The summed E-state index contributed by atoms with van der Waals surface area (Å²) in [6, 6.07) is 11.8. The standard InChI is InChI=1S/C18H19ClN2O3S/c1-12-5-8-16(25(23,24)21-15-6-7-15)10-17(12)18(22)20-11-13-3-2-4-14(19)9-13/h2-5,8-10,15,21H,6-7,11H2,1H3,(H,20,22). The highest BCUT2D eigenvalue weighted by Crippen LogP contribution is 2.23. The molecule has 2 aromatic rings. The number of benzene rings is 2. The summed E-state index contributed by atoms with van der Waals surface area (Å²) in [5.41, 5.74) is 1.94. The van der Waals surface area contributed by atoms with Crippen LogP contribution >= 0.6 is 11.6 Å². The van der Waals surface area contributed by atoms with Crippen LogP contribution in [0.15, 0.2) is 47.4 Å². The van der Waals surface area contributed by atoms with Gasteiger partial charge < -0.3 is 5.32 Å². The van der Waals surface area contributed by atoms with Crippen LogP contribution in [-0.4, -0.2) is 20.4 Å². The maximum absolute atomic E-state index is 12.5. The lowest BCUT2D eigenvalue weighted by Crippen LogP contribution is -2.27. The van der Waals surface area contributed by atoms with Gasteiger partial charge in [0.2, 0.25) is 10.0 Å². The van der Waals surface area contributed by atoms with Crippen molar-refractivity contribution in [2.75, 3.05) is 0 Å². The number of hydrogen-bond acceptors (Lipinski definition) is 3. The normalized spacial score (nSPS) is 14.3. The predicted molar refractivity (Wildman–Crippen MR) is 97.1 cm³/mol. The molecule has 132 valence electrons. The Morgan fingerprint density at radius 2 is 1.96 bits per heavy atom. The molecule has 0 bridgehead atoms. The quantitative estimate of drug-likeness (QED) is 0.811. The van der Waals surface area contributed by atoms with Crippen LogP contribution < -0.4 is 10.0 Å². The lowest BCUT2D eigenvalue weighted by atomic mass is 10.1. The molecule has 1 saturated carbocycles. The molecular weight excluding hydrogens is 360 g/mol. The van der Waals surface area contributed by atoms with Gasteiger partial charge in [-0.15, -0.1) is 0 Å². The topological polar surface area (TPSA) is 75.3 Å². The number of nitrogens with one attached hydrogen (secondary N) is 2. The summed E-state index contributed by atoms with van der Waals surface area (Å²) in [5.74, 6) is -0.319. The number of rotatable bonds is 6. The van der Waals surface area contributed by atoms with E-state index in [1.54, 1.807) is 25.1 Å². The van der Waals surface area contributed by atoms with E-state index in [0.717, 1.165) is 18.4 Å². The average molecular weight is 379 g/mol. The number of amides is 1. The molecule has 0 saturated heterocycles. The van der Waals surface area contributed by atoms with Crippen molar-refractivity contribution in [3.05, 3.63) is 64.2 Å². The number of sulfonamides is 1. The van der Waals surface area contributed by atoms with Gasteiger partial charge in [-0.05, 0) is 55.2 Å². The second kappa shape index (κ2) is 7.15. The second-order valence-corrected chi connectivity index (χ2v) is 8.34. The Kier molecular flexibility index (Phi) is 5.13. The maximum atomic E-state index is 12.5. The molecule has 2 aromatic carbocycles. The molecule has 0 unspecified atom stereocenters. The lowest BCUT2D eigenvalue weighted by Gasteiger charge is -2.11. The van der Waals surface area contributed by atoms with E-state index in [4.69, 9.17) is 11.6 Å². The monoisotopic (exact) mass is 378 g/mol. The highest BCUT2D eigenvalue weighted by Gasteiger charge is 2.28. The number of carbonyl (C=O) groups excluding carboxylic acids is 1. The van der Waals surface area contributed by atoms with E-state index in [9.17, 15) is 13.2 Å². The Hall–Kier alpha value is -1.89. The van der Waals surface area contributed by atoms with Crippen LogP contribution in [-0.2, 0) is 16.6 Å². The molecule has 0 radical (unpaired) electrons. The van der Waals surface area contributed by atoms with Crippen molar-refractivity contribution in [1.82, 2.24) is 10.0 Å². The van der Waals surface area contributed by atoms with E-state index in [1.165, 1.54) is 12.1 Å². The van der Waals surface area contributed by atoms with Gasteiger partial charge in [0.15, 0.2) is 0 Å². The average Bonchev–Trinajstić information content (AvgIpc) is 3.36. The number of carbonyl (C=O) groups is 1. The van der Waals surface area contributed by atoms with E-state index in [0.29, 0.717) is 22.7 Å². The number of hydrogen-bond donors (Lipinski definition) is 2. The minimum atomic E-state index is -3.59. The summed E-state index contributed by atoms with van der Waals surface area (Å²) in [6.07, 6.45) is 1.72. The number of aryl methyl sites for hydroxylation is 1. The minimum absolute atomic E-state index is 0.0198. The molecule has 3 rings (SSSR count). The van der Waals surface area contributed by atoms with Gasteiger partial charge in [0, 0.05) is 23.2 Å². The third kappa shape index (κ3) is 4.60. The Bertz CT molecular complexity index is 908. The SMILES string of the molecule is Cc1ccc(S(=O)(=O)NC2CC2)cc1C(=O)NCc1cccc(Cl)c1. The smallest absolute Gasteiger partial charge is 0.251 e. The molecule has 1 amide bonds. The van der Waals surface area contributed by atoms with Crippen molar-refractivity contribution < 1.29 is 13.2 Å². The van der Waals surface area contributed by atoms with Crippen molar-refractivity contribution in [2.45, 2.75) is 37.2 Å². The molecule has 1 aliphatic carbocycles. The highest BCUT2D eigenvalue weighted by atomic mass is 35.5. The second-order valence-electron chi connectivity index (χ2n) is 6.18. The molecule has 0 aliphatic heterocycles. The first-order valence-corrected chi connectivity index (χ1v) is 9.87. The number of halogens is 1. The molecule has 25 heavy (non-hydrogen) atoms. The van der Waals surface area contributed by atoms with Crippen molar-refractivity contribution in [1.29, 1.82) is 0 Å². The van der Waals surface area contributed by atoms with Gasteiger partial charge in [-0.1, -0.05) is 29.8 Å². The van der Waals surface area contributed by atoms with Crippen LogP contribution in [0, 0.1) is 6.92 Å². The fourth-order valence-electron chi connectivity index (χ4n) is 2.43. The molecule has 1 aliphatic rings. The fraction of sp³-hybridized carbons (Fsp3) is 0.278. The molecule has 1 fully saturated rings. The van der Waals surface area contributed by atoms with Gasteiger partial charge in [-0.3, -0.25) is 4.79 Å². The zero-order valence-electron chi connectivity index (χ0n) is 13.8. The van der Waals surface area contributed by atoms with Gasteiger partial charge in [0.05, 0.1) is 4.90 Å². The summed E-state index contributed by atoms with van der Waals surface area (Å²) in [4.78, 5) is 12.6. The fourth-order valence-corrected chi connectivity index (χ4v) is 3.97. The molecule has 2 N–H and O–H groups in total. The van der Waals surface area contributed by atoms with Gasteiger partial charge in [0.1, 0.15) is 0 Å². The third-order valence-electron chi connectivity index (χ3n) is 4.01. The highest BCUT2D eigenvalue weighted by molar-refractivity contribution is 7.89. The molecule has 7 heteroatoms. The maximum Gasteiger partial charge on any atom is 0.251 e. The van der Waals surface area contributed by atoms with Crippen LogP contribution in [0.2, 0.25) is 5.02 Å². The Labute approximate surface area is 152 Å². The van der Waals surface area contributed by atoms with Crippen molar-refractivity contribution in [3.8, 4) is 0 Å². The van der Waals surface area contributed by atoms with E-state index < -0.39 is 10.0 Å². The predicted octanol–water partition coefficient (Wildman–Crippen LogP) is 3.02. The van der Waals surface area contributed by atoms with Crippen LogP contribution in [0.4, 0.5) is 0 Å². The van der Waals surface area contributed by atoms with Crippen molar-refractivity contribution in [3.63, 3.8) is 0 Å². The van der Waals surface area contributed by atoms with Gasteiger partial charge in [0.25, 0.3) is 5.91 Å². The first kappa shape index (κ1) is 17.9. The van der Waals surface area contributed by atoms with Crippen LogP contribution in [0.1, 0.15) is 34.3 Å². The van der Waals surface area contributed by atoms with Gasteiger partial charge in [-0.25, -0.2) is 13.1 Å². The van der Waals surface area contributed by atoms with E-state index in [1.807, 2.05) is 12.1 Å². The van der Waals surface area contributed by atoms with Crippen molar-refractivity contribution in [2.24, 2.45) is 0 Å². The summed E-state index contributed by atoms with van der Waals surface area (Å²) >= 11 is 5.93. The van der Waals surface area contributed by atoms with Gasteiger partial charge in [-0.2, -0.15) is 0 Å². The largest absolute Gasteiger partial charge is 0.348 e. The molecule has 0 aromatic heterocycles. The Morgan fingerprint density at radius 1 is 1.20 bits per heavy atom. The zero-order valence-corrected chi connectivity index (χ0v) is 15.3. The van der Waals surface area contributed by atoms with E-state index >= 15 is 0 Å². The first-order chi connectivity index (χ1) is 11.8. The molecule has 0 atom stereocenters. The van der Waals surface area contributed by atoms with Crippen molar-refractivity contribution >= 4 is 27.5 Å². The van der Waals surface area contributed by atoms with E-state index in [-0.39, 0.29) is 16.8 Å². The van der Waals surface area contributed by atoms with Crippen LogP contribution in [0.5, 0.6) is 0 Å². The molecule has 0 heterocycles. The zero-order chi connectivity index (χ0) is 18.0. The Balaban J connectivity index is 1.76. The first-order valence-electron chi connectivity index (χ1n) is 8.01. The molecule has 0 spiro atoms. The van der Waals surface area contributed by atoms with Crippen LogP contribution in [0.3, 0.4) is 0 Å². The summed E-state index contributed by atoms with van der Waals surface area (Å²) in [7, 11) is -3.59. The summed E-state index contributed by atoms with van der Waals surface area (Å²) in [5, 5.41) is 3.40. The van der Waals surface area contributed by atoms with E-state index in [2.05, 4.69) is 10.0 Å². The third-order valence-corrected chi connectivity index (χ3v) is 5.76. The summed E-state index contributed by atoms with van der Waals surface area (Å²) in [6.45, 7) is 2.09. The van der Waals surface area contributed by atoms with Crippen LogP contribution in [0.25, 0.3) is 0 Å². The molecular formula is C18H19ClN2O3S. The summed E-state index contributed by atoms with van der Waals surface area (Å²) < 4.78 is 27.3. The molecule has 5 nitrogen and oxygen atoms in total. The van der Waals surface area contributed by atoms with Gasteiger partial charge >= 0.3 is 0 Å². The lowest BCUT2D eigenvalue weighted by molar-refractivity contribution is 0.0950. The minimum Gasteiger partial charge on any atom is -0.348 e. The Morgan fingerprint density at radius 3 is 2.64 bits per heavy atom.